The van der Waals surface area contributed by atoms with Crippen molar-refractivity contribution in [2.24, 2.45) is 0 Å². The molecule has 0 bridgehead atoms. The van der Waals surface area contributed by atoms with Gasteiger partial charge in [-0.2, -0.15) is 0 Å². The molecule has 0 atom stereocenters. The largest absolute Gasteiger partial charge is 0.465 e. The molecule has 0 radical (unpaired) electrons. The summed E-state index contributed by atoms with van der Waals surface area (Å²) < 4.78 is 0. The van der Waals surface area contributed by atoms with Gasteiger partial charge in [0.25, 0.3) is 0 Å². The SMILES string of the molecule is CC1(O)CN(C(=O)O)CCN(C(=O)O)C1. The lowest BCUT2D eigenvalue weighted by atomic mass is 10.1. The van der Waals surface area contributed by atoms with Crippen LogP contribution in [-0.4, -0.2) is 69.1 Å². The van der Waals surface area contributed by atoms with E-state index < -0.39 is 17.8 Å². The summed E-state index contributed by atoms with van der Waals surface area (Å²) in [5, 5.41) is 27.3. The molecular weight excluding hydrogens is 204 g/mol. The van der Waals surface area contributed by atoms with Crippen LogP contribution in [0.3, 0.4) is 0 Å². The zero-order chi connectivity index (χ0) is 11.6. The molecule has 7 heteroatoms. The Bertz CT molecular complexity index is 252. The molecule has 0 spiro atoms. The second-order valence-corrected chi connectivity index (χ2v) is 3.91. The van der Waals surface area contributed by atoms with Crippen molar-refractivity contribution in [3.63, 3.8) is 0 Å². The summed E-state index contributed by atoms with van der Waals surface area (Å²) in [5.41, 5.74) is -1.34. The minimum Gasteiger partial charge on any atom is -0.465 e. The first-order valence-corrected chi connectivity index (χ1v) is 4.50. The molecular formula is C8H14N2O5. The van der Waals surface area contributed by atoms with Crippen molar-refractivity contribution in [3.05, 3.63) is 0 Å². The van der Waals surface area contributed by atoms with Crippen LogP contribution in [0.5, 0.6) is 0 Å². The molecule has 86 valence electrons. The van der Waals surface area contributed by atoms with Crippen LogP contribution in [0.1, 0.15) is 6.92 Å². The van der Waals surface area contributed by atoms with E-state index in [9.17, 15) is 14.7 Å². The third kappa shape index (κ3) is 2.98. The summed E-state index contributed by atoms with van der Waals surface area (Å²) in [7, 11) is 0. The van der Waals surface area contributed by atoms with Gasteiger partial charge < -0.3 is 25.1 Å². The molecule has 0 aliphatic carbocycles. The molecule has 3 N–H and O–H groups in total. The maximum atomic E-state index is 10.7. The fraction of sp³-hybridized carbons (Fsp3) is 0.750. The maximum absolute atomic E-state index is 10.7. The van der Waals surface area contributed by atoms with Gasteiger partial charge in [0, 0.05) is 13.1 Å². The van der Waals surface area contributed by atoms with Gasteiger partial charge in [0.2, 0.25) is 0 Å². The highest BCUT2D eigenvalue weighted by Gasteiger charge is 2.34. The summed E-state index contributed by atoms with van der Waals surface area (Å²) >= 11 is 0. The minimum absolute atomic E-state index is 0.0773. The van der Waals surface area contributed by atoms with E-state index in [2.05, 4.69) is 0 Å². The Morgan fingerprint density at radius 3 is 1.67 bits per heavy atom. The molecule has 1 fully saturated rings. The van der Waals surface area contributed by atoms with E-state index in [1.165, 1.54) is 6.92 Å². The van der Waals surface area contributed by atoms with Crippen molar-refractivity contribution in [1.29, 1.82) is 0 Å². The number of amides is 2. The summed E-state index contributed by atoms with van der Waals surface area (Å²) in [5.74, 6) is 0. The van der Waals surface area contributed by atoms with Gasteiger partial charge in [-0.05, 0) is 6.92 Å². The quantitative estimate of drug-likeness (QED) is 0.518. The Hall–Kier alpha value is -1.50. The van der Waals surface area contributed by atoms with Crippen LogP contribution < -0.4 is 0 Å². The van der Waals surface area contributed by atoms with Gasteiger partial charge in [-0.3, -0.25) is 0 Å². The van der Waals surface area contributed by atoms with Gasteiger partial charge >= 0.3 is 12.2 Å². The minimum atomic E-state index is -1.34. The average Bonchev–Trinajstić information content (AvgIpc) is 2.23. The third-order valence-electron chi connectivity index (χ3n) is 2.24. The predicted molar refractivity (Wildman–Crippen MR) is 49.8 cm³/mol. The smallest absolute Gasteiger partial charge is 0.407 e. The third-order valence-corrected chi connectivity index (χ3v) is 2.24. The van der Waals surface area contributed by atoms with Crippen molar-refractivity contribution in [1.82, 2.24) is 9.80 Å². The predicted octanol–water partition coefficient (Wildman–Crippen LogP) is -0.289. The molecule has 1 rings (SSSR count). The normalized spacial score (nSPS) is 20.9. The number of hydrogen-bond acceptors (Lipinski definition) is 3. The lowest BCUT2D eigenvalue weighted by Gasteiger charge is -2.27. The van der Waals surface area contributed by atoms with E-state index in [-0.39, 0.29) is 26.2 Å². The number of carboxylic acid groups (broad SMARTS) is 2. The molecule has 0 unspecified atom stereocenters. The Kier molecular flexibility index (Phi) is 3.04. The van der Waals surface area contributed by atoms with Gasteiger partial charge in [0.05, 0.1) is 18.7 Å². The number of nitrogens with zero attached hydrogens (tertiary/aromatic N) is 2. The molecule has 0 saturated carbocycles. The lowest BCUT2D eigenvalue weighted by molar-refractivity contribution is 0.0168. The lowest BCUT2D eigenvalue weighted by Crippen LogP contribution is -2.46. The molecule has 1 heterocycles. The van der Waals surface area contributed by atoms with E-state index in [1.54, 1.807) is 0 Å². The fourth-order valence-corrected chi connectivity index (χ4v) is 1.60. The molecule has 1 saturated heterocycles. The second kappa shape index (κ2) is 3.93. The standard InChI is InChI=1S/C8H14N2O5/c1-8(15)4-9(6(11)12)2-3-10(5-8)7(13)14/h15H,2-5H2,1H3,(H,11,12)(H,13,14). The number of aliphatic hydroxyl groups is 1. The van der Waals surface area contributed by atoms with E-state index in [0.29, 0.717) is 0 Å². The van der Waals surface area contributed by atoms with Crippen LogP contribution in [0.15, 0.2) is 0 Å². The van der Waals surface area contributed by atoms with Crippen LogP contribution in [0, 0.1) is 0 Å². The fourth-order valence-electron chi connectivity index (χ4n) is 1.60. The first kappa shape index (κ1) is 11.6. The molecule has 2 amide bonds. The van der Waals surface area contributed by atoms with E-state index >= 15 is 0 Å². The monoisotopic (exact) mass is 218 g/mol. The number of β-amino-alcohol motifs (C(OH)–C–C–N with tert-alkyl or cyclic N) is 1. The highest BCUT2D eigenvalue weighted by molar-refractivity contribution is 5.67. The van der Waals surface area contributed by atoms with Crippen molar-refractivity contribution >= 4 is 12.2 Å². The van der Waals surface area contributed by atoms with Crippen molar-refractivity contribution in [2.75, 3.05) is 26.2 Å². The van der Waals surface area contributed by atoms with Crippen LogP contribution in [0.4, 0.5) is 9.59 Å². The zero-order valence-electron chi connectivity index (χ0n) is 8.38. The first-order chi connectivity index (χ1) is 6.82. The Morgan fingerprint density at radius 2 is 1.40 bits per heavy atom. The Balaban J connectivity index is 2.77. The highest BCUT2D eigenvalue weighted by Crippen LogP contribution is 2.13. The first-order valence-electron chi connectivity index (χ1n) is 4.50. The van der Waals surface area contributed by atoms with Crippen LogP contribution in [0.2, 0.25) is 0 Å². The van der Waals surface area contributed by atoms with Gasteiger partial charge in [0.15, 0.2) is 0 Å². The van der Waals surface area contributed by atoms with Crippen LogP contribution in [-0.2, 0) is 0 Å². The molecule has 1 aliphatic heterocycles. The zero-order valence-corrected chi connectivity index (χ0v) is 8.38. The van der Waals surface area contributed by atoms with Crippen molar-refractivity contribution in [3.8, 4) is 0 Å². The highest BCUT2D eigenvalue weighted by atomic mass is 16.4. The summed E-state index contributed by atoms with van der Waals surface area (Å²) in [6, 6.07) is 0. The average molecular weight is 218 g/mol. The van der Waals surface area contributed by atoms with Crippen LogP contribution in [0.25, 0.3) is 0 Å². The molecule has 0 aromatic rings. The topological polar surface area (TPSA) is 101 Å². The number of hydrogen-bond donors (Lipinski definition) is 3. The number of carbonyl (C=O) groups is 2. The van der Waals surface area contributed by atoms with E-state index in [4.69, 9.17) is 10.2 Å². The second-order valence-electron chi connectivity index (χ2n) is 3.91. The summed E-state index contributed by atoms with van der Waals surface area (Å²) in [6.07, 6.45) is -2.30. The van der Waals surface area contributed by atoms with Gasteiger partial charge in [-0.25, -0.2) is 9.59 Å². The molecule has 0 aromatic carbocycles. The number of rotatable bonds is 0. The van der Waals surface area contributed by atoms with E-state index in [1.807, 2.05) is 0 Å². The summed E-state index contributed by atoms with van der Waals surface area (Å²) in [4.78, 5) is 23.5. The van der Waals surface area contributed by atoms with Crippen LogP contribution >= 0.6 is 0 Å². The summed E-state index contributed by atoms with van der Waals surface area (Å²) in [6.45, 7) is 1.43. The van der Waals surface area contributed by atoms with Crippen molar-refractivity contribution in [2.45, 2.75) is 12.5 Å². The van der Waals surface area contributed by atoms with E-state index in [0.717, 1.165) is 9.80 Å². The Labute approximate surface area is 86.5 Å². The molecule has 15 heavy (non-hydrogen) atoms. The van der Waals surface area contributed by atoms with Gasteiger partial charge in [-0.15, -0.1) is 0 Å². The maximum Gasteiger partial charge on any atom is 0.407 e. The molecule has 0 aromatic heterocycles. The van der Waals surface area contributed by atoms with Gasteiger partial charge in [-0.1, -0.05) is 0 Å². The van der Waals surface area contributed by atoms with Gasteiger partial charge in [0.1, 0.15) is 0 Å². The molecule has 7 nitrogen and oxygen atoms in total. The van der Waals surface area contributed by atoms with Crippen molar-refractivity contribution < 1.29 is 24.9 Å². The molecule has 1 aliphatic rings. The Morgan fingerprint density at radius 1 is 1.07 bits per heavy atom.